The lowest BCUT2D eigenvalue weighted by atomic mass is 9.98. The first-order valence-corrected chi connectivity index (χ1v) is 6.47. The molecule has 1 aromatic carbocycles. The Kier molecular flexibility index (Phi) is 2.12. The van der Waals surface area contributed by atoms with Gasteiger partial charge >= 0.3 is 0 Å². The fourth-order valence-electron chi connectivity index (χ4n) is 1.81. The second-order valence-electron chi connectivity index (χ2n) is 3.92. The Labute approximate surface area is 93.4 Å². The average Bonchev–Trinajstić information content (AvgIpc) is 2.35. The van der Waals surface area contributed by atoms with Crippen molar-refractivity contribution >= 4 is 21.6 Å². The molecule has 1 unspecified atom stereocenters. The monoisotopic (exact) mass is 241 g/mol. The van der Waals surface area contributed by atoms with Gasteiger partial charge in [0.2, 0.25) is 10.0 Å². The summed E-state index contributed by atoms with van der Waals surface area (Å²) in [7, 11) is -3.71. The number of aliphatic hydroxyl groups is 1. The van der Waals surface area contributed by atoms with Crippen molar-refractivity contribution in [1.29, 1.82) is 0 Å². The van der Waals surface area contributed by atoms with Crippen molar-refractivity contribution in [2.75, 3.05) is 10.6 Å². The van der Waals surface area contributed by atoms with Gasteiger partial charge in [-0.2, -0.15) is 0 Å². The van der Waals surface area contributed by atoms with E-state index in [9.17, 15) is 18.3 Å². The van der Waals surface area contributed by atoms with Gasteiger partial charge in [-0.25, -0.2) is 12.7 Å². The number of para-hydroxylation sites is 1. The number of anilines is 1. The molecule has 0 saturated carbocycles. The molecule has 1 aliphatic rings. The molecule has 1 amide bonds. The van der Waals surface area contributed by atoms with Crippen molar-refractivity contribution in [2.24, 2.45) is 0 Å². The number of sulfonamides is 1. The van der Waals surface area contributed by atoms with Crippen LogP contribution >= 0.6 is 0 Å². The number of rotatable bonds is 1. The number of fused-ring (bicyclic) bond motifs is 1. The van der Waals surface area contributed by atoms with Crippen LogP contribution in [0.2, 0.25) is 0 Å². The van der Waals surface area contributed by atoms with Crippen LogP contribution in [-0.4, -0.2) is 25.7 Å². The third-order valence-corrected chi connectivity index (χ3v) is 3.61. The largest absolute Gasteiger partial charge is 0.375 e. The summed E-state index contributed by atoms with van der Waals surface area (Å²) >= 11 is 0. The smallest absolute Gasteiger partial charge is 0.277 e. The molecule has 0 aliphatic carbocycles. The van der Waals surface area contributed by atoms with Gasteiger partial charge in [-0.05, 0) is 13.0 Å². The number of carbonyl (C=O) groups excluding carboxylic acids is 1. The van der Waals surface area contributed by atoms with Crippen molar-refractivity contribution in [2.45, 2.75) is 12.5 Å². The molecule has 6 heteroatoms. The third-order valence-electron chi connectivity index (χ3n) is 2.58. The molecule has 1 aromatic rings. The minimum atomic E-state index is -3.71. The summed E-state index contributed by atoms with van der Waals surface area (Å²) in [5, 5.41) is 9.99. The van der Waals surface area contributed by atoms with Gasteiger partial charge in [-0.1, -0.05) is 18.2 Å². The number of benzene rings is 1. The first kappa shape index (κ1) is 11.1. The lowest BCUT2D eigenvalue weighted by molar-refractivity contribution is -0.133. The van der Waals surface area contributed by atoms with E-state index in [-0.39, 0.29) is 5.69 Å². The topological polar surface area (TPSA) is 74.7 Å². The van der Waals surface area contributed by atoms with E-state index < -0.39 is 21.5 Å². The van der Waals surface area contributed by atoms with E-state index in [0.29, 0.717) is 9.87 Å². The molecule has 5 nitrogen and oxygen atoms in total. The Morgan fingerprint density at radius 3 is 2.44 bits per heavy atom. The zero-order valence-electron chi connectivity index (χ0n) is 8.84. The third kappa shape index (κ3) is 1.34. The van der Waals surface area contributed by atoms with Crippen molar-refractivity contribution in [3.8, 4) is 0 Å². The summed E-state index contributed by atoms with van der Waals surface area (Å²) in [5.41, 5.74) is -1.25. The van der Waals surface area contributed by atoms with E-state index in [4.69, 9.17) is 0 Å². The maximum absolute atomic E-state index is 11.8. The summed E-state index contributed by atoms with van der Waals surface area (Å²) in [4.78, 5) is 11.8. The molecule has 1 aliphatic heterocycles. The highest BCUT2D eigenvalue weighted by Gasteiger charge is 2.49. The van der Waals surface area contributed by atoms with Crippen molar-refractivity contribution in [1.82, 2.24) is 0 Å². The molecule has 1 N–H and O–H groups in total. The second-order valence-corrected chi connectivity index (χ2v) is 5.75. The van der Waals surface area contributed by atoms with Crippen LogP contribution in [0.5, 0.6) is 0 Å². The van der Waals surface area contributed by atoms with Crippen LogP contribution in [0, 0.1) is 0 Å². The van der Waals surface area contributed by atoms with Gasteiger partial charge in [0.15, 0.2) is 5.60 Å². The van der Waals surface area contributed by atoms with E-state index in [1.54, 1.807) is 18.2 Å². The SMILES string of the molecule is CC1(O)C(=O)N(S(C)(=O)=O)c2ccccc21. The van der Waals surface area contributed by atoms with Crippen LogP contribution in [0.3, 0.4) is 0 Å². The van der Waals surface area contributed by atoms with Gasteiger partial charge in [0.25, 0.3) is 5.91 Å². The minimum Gasteiger partial charge on any atom is -0.375 e. The zero-order valence-corrected chi connectivity index (χ0v) is 9.65. The normalized spacial score (nSPS) is 24.7. The van der Waals surface area contributed by atoms with Gasteiger partial charge in [0.1, 0.15) is 0 Å². The summed E-state index contributed by atoms with van der Waals surface area (Å²) in [5.74, 6) is -0.837. The van der Waals surface area contributed by atoms with Gasteiger partial charge < -0.3 is 5.11 Å². The summed E-state index contributed by atoms with van der Waals surface area (Å²) in [6.07, 6.45) is 0.934. The fourth-order valence-corrected chi connectivity index (χ4v) is 2.81. The highest BCUT2D eigenvalue weighted by molar-refractivity contribution is 7.92. The molecule has 86 valence electrons. The predicted octanol–water partition coefficient (Wildman–Crippen LogP) is 0.200. The molecule has 0 bridgehead atoms. The molecule has 0 aromatic heterocycles. The Morgan fingerprint density at radius 1 is 1.31 bits per heavy atom. The van der Waals surface area contributed by atoms with Crippen LogP contribution in [-0.2, 0) is 20.4 Å². The molecule has 0 radical (unpaired) electrons. The lowest BCUT2D eigenvalue weighted by Crippen LogP contribution is -2.41. The second kappa shape index (κ2) is 3.05. The van der Waals surface area contributed by atoms with E-state index >= 15 is 0 Å². The van der Waals surface area contributed by atoms with E-state index in [0.717, 1.165) is 6.26 Å². The zero-order chi connectivity index (χ0) is 12.1. The first-order chi connectivity index (χ1) is 7.26. The highest BCUT2D eigenvalue weighted by Crippen LogP contribution is 2.40. The van der Waals surface area contributed by atoms with E-state index in [1.165, 1.54) is 13.0 Å². The van der Waals surface area contributed by atoms with E-state index in [2.05, 4.69) is 0 Å². The average molecular weight is 241 g/mol. The van der Waals surface area contributed by atoms with Crippen LogP contribution in [0.1, 0.15) is 12.5 Å². The fraction of sp³-hybridized carbons (Fsp3) is 0.300. The Hall–Kier alpha value is -1.40. The molecule has 16 heavy (non-hydrogen) atoms. The number of carbonyl (C=O) groups is 1. The molecular formula is C10H11NO4S. The molecule has 2 rings (SSSR count). The molecule has 1 atom stereocenters. The maximum Gasteiger partial charge on any atom is 0.277 e. The van der Waals surface area contributed by atoms with E-state index in [1.807, 2.05) is 0 Å². The quantitative estimate of drug-likeness (QED) is 0.762. The lowest BCUT2D eigenvalue weighted by Gasteiger charge is -2.17. The first-order valence-electron chi connectivity index (χ1n) is 4.63. The molecule has 0 spiro atoms. The summed E-state index contributed by atoms with van der Waals surface area (Å²) in [6, 6.07) is 6.30. The van der Waals surface area contributed by atoms with Crippen molar-refractivity contribution in [3.05, 3.63) is 29.8 Å². The highest BCUT2D eigenvalue weighted by atomic mass is 32.2. The number of hydrogen-bond acceptors (Lipinski definition) is 4. The molecular weight excluding hydrogens is 230 g/mol. The predicted molar refractivity (Wildman–Crippen MR) is 58.3 cm³/mol. The van der Waals surface area contributed by atoms with Crippen LogP contribution < -0.4 is 4.31 Å². The van der Waals surface area contributed by atoms with Gasteiger partial charge in [0.05, 0.1) is 11.9 Å². The number of amides is 1. The van der Waals surface area contributed by atoms with Crippen LogP contribution in [0.4, 0.5) is 5.69 Å². The minimum absolute atomic E-state index is 0.222. The van der Waals surface area contributed by atoms with Crippen LogP contribution in [0.15, 0.2) is 24.3 Å². The van der Waals surface area contributed by atoms with Gasteiger partial charge in [0, 0.05) is 5.56 Å². The number of nitrogens with zero attached hydrogens (tertiary/aromatic N) is 1. The van der Waals surface area contributed by atoms with Gasteiger partial charge in [-0.15, -0.1) is 0 Å². The van der Waals surface area contributed by atoms with Gasteiger partial charge in [-0.3, -0.25) is 4.79 Å². The van der Waals surface area contributed by atoms with Crippen molar-refractivity contribution in [3.63, 3.8) is 0 Å². The Balaban J connectivity index is 2.75. The molecule has 0 fully saturated rings. The summed E-state index contributed by atoms with van der Waals surface area (Å²) < 4.78 is 23.6. The molecule has 1 heterocycles. The number of hydrogen-bond donors (Lipinski definition) is 1. The maximum atomic E-state index is 11.8. The summed E-state index contributed by atoms with van der Waals surface area (Å²) in [6.45, 7) is 1.29. The van der Waals surface area contributed by atoms with Crippen LogP contribution in [0.25, 0.3) is 0 Å². The Bertz CT molecular complexity index is 562. The standard InChI is InChI=1S/C10H11NO4S/c1-10(13)7-5-3-4-6-8(7)11(9(10)12)16(2,14)15/h3-6,13H,1-2H3. The Morgan fingerprint density at radius 2 is 1.88 bits per heavy atom. The van der Waals surface area contributed by atoms with Crippen molar-refractivity contribution < 1.29 is 18.3 Å². The molecule has 0 saturated heterocycles.